The van der Waals surface area contributed by atoms with Crippen molar-refractivity contribution in [1.82, 2.24) is 16.0 Å². The van der Waals surface area contributed by atoms with Crippen LogP contribution in [0.5, 0.6) is 0 Å². The van der Waals surface area contributed by atoms with Gasteiger partial charge in [0.25, 0.3) is 0 Å². The molecule has 0 saturated heterocycles. The third-order valence-electron chi connectivity index (χ3n) is 4.73. The fraction of sp³-hybridized carbons (Fsp3) is 0.810. The van der Waals surface area contributed by atoms with Gasteiger partial charge >= 0.3 is 0 Å². The van der Waals surface area contributed by atoms with E-state index < -0.39 is 48.4 Å². The monoisotopic (exact) mass is 433 g/mol. The molecule has 0 spiro atoms. The summed E-state index contributed by atoms with van der Waals surface area (Å²) >= 11 is 0. The van der Waals surface area contributed by atoms with Crippen molar-refractivity contribution in [2.75, 3.05) is 0 Å². The fourth-order valence-electron chi connectivity index (χ4n) is 2.94. The maximum absolute atomic E-state index is 12.8. The Morgan fingerprint density at radius 3 is 1.80 bits per heavy atom. The average Bonchev–Trinajstić information content (AvgIpc) is 2.64. The first kappa shape index (κ1) is 28.1. The number of ketones is 2. The lowest BCUT2D eigenvalue weighted by molar-refractivity contribution is -0.139. The molecule has 30 heavy (non-hydrogen) atoms. The summed E-state index contributed by atoms with van der Waals surface area (Å²) in [5, 5.41) is 8.15. The summed E-state index contributed by atoms with van der Waals surface area (Å²) in [6.07, 6.45) is -1.41. The van der Waals surface area contributed by atoms with E-state index in [0.29, 0.717) is 6.42 Å². The zero-order valence-corrected chi connectivity index (χ0v) is 18.9. The molecule has 0 aliphatic rings. The van der Waals surface area contributed by atoms with E-state index in [-0.39, 0.29) is 24.3 Å². The highest BCUT2D eigenvalue weighted by Crippen LogP contribution is 2.10. The molecule has 0 rings (SSSR count). The molecule has 0 aliphatic carbocycles. The number of alkyl halides is 2. The minimum atomic E-state index is -2.87. The van der Waals surface area contributed by atoms with E-state index in [1.54, 1.807) is 0 Å². The molecule has 0 saturated carbocycles. The molecule has 0 aromatic heterocycles. The molecule has 0 aromatic rings. The number of halogens is 2. The Morgan fingerprint density at radius 1 is 0.833 bits per heavy atom. The summed E-state index contributed by atoms with van der Waals surface area (Å²) in [5.41, 5.74) is 0. The highest BCUT2D eigenvalue weighted by molar-refractivity contribution is 6.38. The highest BCUT2D eigenvalue weighted by Gasteiger charge is 2.32. The Bertz CT molecular complexity index is 585. The van der Waals surface area contributed by atoms with Gasteiger partial charge in [-0.2, -0.15) is 0 Å². The number of hydrogen-bond donors (Lipinski definition) is 3. The van der Waals surface area contributed by atoms with Gasteiger partial charge in [0, 0.05) is 19.4 Å². The van der Waals surface area contributed by atoms with Gasteiger partial charge < -0.3 is 16.0 Å². The Morgan fingerprint density at radius 2 is 1.37 bits per heavy atom. The average molecular weight is 434 g/mol. The fourth-order valence-corrected chi connectivity index (χ4v) is 2.94. The molecule has 4 atom stereocenters. The molecule has 9 heteroatoms. The molecule has 0 fully saturated rings. The Kier molecular flexibility index (Phi) is 13.3. The lowest BCUT2D eigenvalue weighted by Gasteiger charge is -2.27. The molecule has 0 aliphatic heterocycles. The third kappa shape index (κ3) is 10.8. The van der Waals surface area contributed by atoms with E-state index in [4.69, 9.17) is 0 Å². The molecule has 7 nitrogen and oxygen atoms in total. The molecular formula is C21H37F2N3O4. The van der Waals surface area contributed by atoms with Crippen LogP contribution in [0.15, 0.2) is 0 Å². The van der Waals surface area contributed by atoms with Gasteiger partial charge in [0.05, 0.1) is 6.04 Å². The second kappa shape index (κ2) is 14.2. The van der Waals surface area contributed by atoms with Crippen molar-refractivity contribution in [3.05, 3.63) is 0 Å². The lowest BCUT2D eigenvalue weighted by atomic mass is 10.00. The van der Waals surface area contributed by atoms with E-state index in [1.807, 2.05) is 34.6 Å². The van der Waals surface area contributed by atoms with E-state index in [1.165, 1.54) is 0 Å². The minimum Gasteiger partial charge on any atom is -0.344 e. The van der Waals surface area contributed by atoms with Gasteiger partial charge in [-0.05, 0) is 32.1 Å². The van der Waals surface area contributed by atoms with Crippen LogP contribution in [-0.2, 0) is 19.2 Å². The molecule has 0 heterocycles. The van der Waals surface area contributed by atoms with E-state index >= 15 is 0 Å². The lowest BCUT2D eigenvalue weighted by Crippen LogP contribution is -2.56. The Hall–Kier alpha value is -1.90. The van der Waals surface area contributed by atoms with Crippen LogP contribution in [0.3, 0.4) is 0 Å². The minimum absolute atomic E-state index is 0.0188. The summed E-state index contributed by atoms with van der Waals surface area (Å²) in [6, 6.07) is -3.02. The standard InChI is InChI=1S/C21H37F2N3O4/c1-7-9-15(24-13(5)8-2)20(29)26-17(10-12(3)4)21(30)25-16(11-18(22)23)19(28)14(6)27/h12-13,15-18,24H,7-11H2,1-6H3,(H,25,30)(H,26,29)/t13?,15-,16?,17-/m0/s1. The first-order chi connectivity index (χ1) is 13.9. The molecule has 0 radical (unpaired) electrons. The van der Waals surface area contributed by atoms with Crippen LogP contribution < -0.4 is 16.0 Å². The molecule has 0 bridgehead atoms. The van der Waals surface area contributed by atoms with Crippen molar-refractivity contribution in [1.29, 1.82) is 0 Å². The number of nitrogens with one attached hydrogen (secondary N) is 3. The summed E-state index contributed by atoms with van der Waals surface area (Å²) in [7, 11) is 0. The molecular weight excluding hydrogens is 396 g/mol. The van der Waals surface area contributed by atoms with Gasteiger partial charge in [-0.1, -0.05) is 34.1 Å². The number of carbonyl (C=O) groups is 4. The summed E-state index contributed by atoms with van der Waals surface area (Å²) in [5.74, 6) is -3.09. The predicted molar refractivity (Wildman–Crippen MR) is 111 cm³/mol. The maximum atomic E-state index is 12.8. The summed E-state index contributed by atoms with van der Waals surface area (Å²) in [6.45, 7) is 10.6. The van der Waals surface area contributed by atoms with Gasteiger partial charge in [-0.25, -0.2) is 8.78 Å². The van der Waals surface area contributed by atoms with Crippen LogP contribution in [0.2, 0.25) is 0 Å². The van der Waals surface area contributed by atoms with Gasteiger partial charge in [-0.3, -0.25) is 19.2 Å². The van der Waals surface area contributed by atoms with E-state index in [0.717, 1.165) is 19.8 Å². The number of hydrogen-bond acceptors (Lipinski definition) is 5. The van der Waals surface area contributed by atoms with Gasteiger partial charge in [0.2, 0.25) is 24.0 Å². The number of carbonyl (C=O) groups excluding carboxylic acids is 4. The normalized spacial score (nSPS) is 15.4. The molecule has 2 unspecified atom stereocenters. The third-order valence-corrected chi connectivity index (χ3v) is 4.73. The zero-order chi connectivity index (χ0) is 23.4. The topological polar surface area (TPSA) is 104 Å². The van der Waals surface area contributed by atoms with Gasteiger partial charge in [0.15, 0.2) is 5.78 Å². The Balaban J connectivity index is 5.43. The zero-order valence-electron chi connectivity index (χ0n) is 18.9. The van der Waals surface area contributed by atoms with Crippen LogP contribution in [0.25, 0.3) is 0 Å². The molecule has 2 amide bonds. The number of amides is 2. The van der Waals surface area contributed by atoms with Crippen LogP contribution in [-0.4, -0.2) is 54.0 Å². The predicted octanol–water partition coefficient (Wildman–Crippen LogP) is 2.37. The van der Waals surface area contributed by atoms with Crippen LogP contribution in [0, 0.1) is 5.92 Å². The van der Waals surface area contributed by atoms with Crippen molar-refractivity contribution in [2.45, 2.75) is 104 Å². The molecule has 0 aromatic carbocycles. The van der Waals surface area contributed by atoms with Crippen LogP contribution in [0.4, 0.5) is 8.78 Å². The largest absolute Gasteiger partial charge is 0.344 e. The van der Waals surface area contributed by atoms with Crippen molar-refractivity contribution in [3.63, 3.8) is 0 Å². The second-order valence-corrected chi connectivity index (χ2v) is 8.12. The Labute approximate surface area is 178 Å². The van der Waals surface area contributed by atoms with Gasteiger partial charge in [-0.15, -0.1) is 0 Å². The smallest absolute Gasteiger partial charge is 0.243 e. The van der Waals surface area contributed by atoms with E-state index in [9.17, 15) is 28.0 Å². The second-order valence-electron chi connectivity index (χ2n) is 8.12. The van der Waals surface area contributed by atoms with Crippen LogP contribution in [0.1, 0.15) is 73.6 Å². The van der Waals surface area contributed by atoms with Crippen molar-refractivity contribution < 1.29 is 28.0 Å². The molecule has 3 N–H and O–H groups in total. The highest BCUT2D eigenvalue weighted by atomic mass is 19.3. The number of Topliss-reactive ketones (excluding diaryl/α,β-unsaturated/α-hetero) is 2. The first-order valence-corrected chi connectivity index (χ1v) is 10.6. The van der Waals surface area contributed by atoms with Crippen molar-refractivity contribution >= 4 is 23.4 Å². The first-order valence-electron chi connectivity index (χ1n) is 10.6. The van der Waals surface area contributed by atoms with Crippen molar-refractivity contribution in [2.24, 2.45) is 5.92 Å². The number of rotatable bonds is 15. The van der Waals surface area contributed by atoms with Crippen molar-refractivity contribution in [3.8, 4) is 0 Å². The quantitative estimate of drug-likeness (QED) is 0.344. The summed E-state index contributed by atoms with van der Waals surface area (Å²) in [4.78, 5) is 48.8. The van der Waals surface area contributed by atoms with E-state index in [2.05, 4.69) is 16.0 Å². The SMILES string of the molecule is CCC[C@H](NC(C)CC)C(=O)N[C@@H](CC(C)C)C(=O)NC(CC(F)F)C(=O)C(C)=O. The van der Waals surface area contributed by atoms with Gasteiger partial charge in [0.1, 0.15) is 12.1 Å². The maximum Gasteiger partial charge on any atom is 0.243 e. The summed E-state index contributed by atoms with van der Waals surface area (Å²) < 4.78 is 25.7. The molecule has 174 valence electrons. The van der Waals surface area contributed by atoms with Crippen LogP contribution >= 0.6 is 0 Å².